The van der Waals surface area contributed by atoms with E-state index in [1.165, 1.54) is 69.5 Å². The van der Waals surface area contributed by atoms with Gasteiger partial charge in [0.05, 0.1) is 16.7 Å². The molecular formula is C48H32BNOSSi. The molecule has 3 heterocycles. The lowest BCUT2D eigenvalue weighted by Gasteiger charge is -2.38. The molecule has 0 fully saturated rings. The topological polar surface area (TPSA) is 14.2 Å². The minimum absolute atomic E-state index is 0.0852. The van der Waals surface area contributed by atoms with E-state index in [2.05, 4.69) is 199 Å². The zero-order valence-corrected chi connectivity index (χ0v) is 30.6. The summed E-state index contributed by atoms with van der Waals surface area (Å²) in [6, 6.07) is 71.6. The SMILES string of the molecule is c1ccc([Si](c2ccccc2)(c2ccccc2)c2cc3c4c(c2)-c2ccccc2SB4c2cccc(-n4c5ccccc5c5ccccc54)c2O3)cc1. The van der Waals surface area contributed by atoms with Crippen molar-refractivity contribution < 1.29 is 4.74 Å². The van der Waals surface area contributed by atoms with Crippen LogP contribution >= 0.6 is 11.6 Å². The second-order valence-corrected chi connectivity index (χ2v) is 18.9. The van der Waals surface area contributed by atoms with Crippen molar-refractivity contribution in [2.75, 3.05) is 0 Å². The van der Waals surface area contributed by atoms with Gasteiger partial charge in [0.2, 0.25) is 0 Å². The fourth-order valence-electron chi connectivity index (χ4n) is 9.01. The molecule has 1 aromatic heterocycles. The molecule has 0 N–H and O–H groups in total. The van der Waals surface area contributed by atoms with Gasteiger partial charge in [-0.15, -0.1) is 0 Å². The molecule has 0 unspecified atom stereocenters. The number of rotatable bonds is 5. The molecule has 0 atom stereocenters. The number of hydrogen-bond acceptors (Lipinski definition) is 2. The molecular weight excluding hydrogens is 677 g/mol. The summed E-state index contributed by atoms with van der Waals surface area (Å²) in [5.41, 5.74) is 8.44. The monoisotopic (exact) mass is 709 g/mol. The molecule has 0 amide bonds. The average Bonchev–Trinajstić information content (AvgIpc) is 3.56. The molecule has 0 aliphatic carbocycles. The Morgan fingerprint density at radius 1 is 0.472 bits per heavy atom. The van der Waals surface area contributed by atoms with Gasteiger partial charge in [-0.25, -0.2) is 0 Å². The van der Waals surface area contributed by atoms with Crippen molar-refractivity contribution >= 4 is 79.2 Å². The Bertz CT molecular complexity index is 2700. The number of nitrogens with zero attached hydrogens (tertiary/aromatic N) is 1. The summed E-state index contributed by atoms with van der Waals surface area (Å²) in [4.78, 5) is 1.30. The summed E-state index contributed by atoms with van der Waals surface area (Å²) in [5, 5.41) is 7.84. The van der Waals surface area contributed by atoms with Gasteiger partial charge < -0.3 is 9.30 Å². The highest BCUT2D eigenvalue weighted by atomic mass is 32.2. The maximum absolute atomic E-state index is 7.42. The summed E-state index contributed by atoms with van der Waals surface area (Å²) in [6.07, 6.45) is 0. The van der Waals surface area contributed by atoms with Crippen LogP contribution in [-0.2, 0) is 0 Å². The Labute approximate surface area is 314 Å². The van der Waals surface area contributed by atoms with E-state index >= 15 is 0 Å². The van der Waals surface area contributed by atoms with E-state index < -0.39 is 8.07 Å². The molecule has 8 aromatic carbocycles. The molecule has 11 rings (SSSR count). The van der Waals surface area contributed by atoms with Gasteiger partial charge in [0.1, 0.15) is 11.5 Å². The fourth-order valence-corrected chi connectivity index (χ4v) is 15.2. The third-order valence-electron chi connectivity index (χ3n) is 11.2. The van der Waals surface area contributed by atoms with Crippen molar-refractivity contribution in [1.29, 1.82) is 0 Å². The van der Waals surface area contributed by atoms with E-state index in [-0.39, 0.29) is 5.99 Å². The van der Waals surface area contributed by atoms with Crippen LogP contribution in [0.5, 0.6) is 11.5 Å². The van der Waals surface area contributed by atoms with Crippen LogP contribution in [0.4, 0.5) is 0 Å². The molecule has 9 aromatic rings. The van der Waals surface area contributed by atoms with Crippen molar-refractivity contribution in [2.45, 2.75) is 4.90 Å². The second-order valence-electron chi connectivity index (χ2n) is 13.9. The van der Waals surface area contributed by atoms with Gasteiger partial charge in [0.15, 0.2) is 8.07 Å². The minimum atomic E-state index is -2.85. The Kier molecular flexibility index (Phi) is 6.94. The lowest BCUT2D eigenvalue weighted by Crippen LogP contribution is -2.75. The second kappa shape index (κ2) is 12.0. The van der Waals surface area contributed by atoms with Crippen LogP contribution in [0.2, 0.25) is 0 Å². The number of benzene rings is 8. The van der Waals surface area contributed by atoms with Crippen molar-refractivity contribution in [3.05, 3.63) is 194 Å². The van der Waals surface area contributed by atoms with E-state index in [9.17, 15) is 0 Å². The van der Waals surface area contributed by atoms with Crippen LogP contribution in [0.3, 0.4) is 0 Å². The molecule has 0 spiro atoms. The zero-order valence-electron chi connectivity index (χ0n) is 28.8. The van der Waals surface area contributed by atoms with Gasteiger partial charge in [-0.2, -0.15) is 11.6 Å². The number of fused-ring (bicyclic) bond motifs is 7. The lowest BCUT2D eigenvalue weighted by molar-refractivity contribution is 0.486. The Morgan fingerprint density at radius 3 is 1.64 bits per heavy atom. The largest absolute Gasteiger partial charge is 0.456 e. The predicted octanol–water partition coefficient (Wildman–Crippen LogP) is 8.15. The first-order valence-electron chi connectivity index (χ1n) is 18.2. The first-order chi connectivity index (χ1) is 26.3. The van der Waals surface area contributed by atoms with Gasteiger partial charge in [-0.3, -0.25) is 0 Å². The third kappa shape index (κ3) is 4.48. The first-order valence-corrected chi connectivity index (χ1v) is 21.1. The van der Waals surface area contributed by atoms with E-state index in [1.54, 1.807) is 0 Å². The fraction of sp³-hybridized carbons (Fsp3) is 0. The molecule has 2 aliphatic heterocycles. The molecule has 0 saturated heterocycles. The third-order valence-corrected chi connectivity index (χ3v) is 17.3. The molecule has 0 bridgehead atoms. The quantitative estimate of drug-likeness (QED) is 0.132. The Hall–Kier alpha value is -6.01. The van der Waals surface area contributed by atoms with Crippen LogP contribution in [-0.4, -0.2) is 18.6 Å². The average molecular weight is 710 g/mol. The van der Waals surface area contributed by atoms with E-state index in [0.717, 1.165) is 17.2 Å². The standard InChI is InChI=1S/C48H32BNOSSi/c1-4-17-33(18-5-1)53(34-19-6-2-7-20-34,35-21-8-3-9-22-35)36-31-40-39-25-12-15-30-46(39)52-49-41-26-16-29-44(48(41)51-45(32-36)47(40)49)50-42-27-13-10-23-37(42)38-24-11-14-28-43(38)50/h1-32H. The van der Waals surface area contributed by atoms with Crippen LogP contribution < -0.4 is 36.4 Å². The van der Waals surface area contributed by atoms with Gasteiger partial charge in [-0.05, 0) is 73.1 Å². The van der Waals surface area contributed by atoms with Crippen LogP contribution in [0.15, 0.2) is 199 Å². The lowest BCUT2D eigenvalue weighted by atomic mass is 9.57. The normalized spacial score (nSPS) is 12.9. The van der Waals surface area contributed by atoms with E-state index in [0.29, 0.717) is 0 Å². The molecule has 0 radical (unpaired) electrons. The number of ether oxygens (including phenoxy) is 1. The predicted molar refractivity (Wildman–Crippen MR) is 227 cm³/mol. The van der Waals surface area contributed by atoms with Crippen LogP contribution in [0.1, 0.15) is 0 Å². The molecule has 248 valence electrons. The number of hydrogen-bond donors (Lipinski definition) is 0. The van der Waals surface area contributed by atoms with Crippen molar-refractivity contribution in [2.24, 2.45) is 0 Å². The minimum Gasteiger partial charge on any atom is -0.456 e. The number of aromatic nitrogens is 1. The summed E-state index contributed by atoms with van der Waals surface area (Å²) in [6.45, 7) is 0. The summed E-state index contributed by atoms with van der Waals surface area (Å²) < 4.78 is 9.82. The molecule has 2 nitrogen and oxygen atoms in total. The Balaban J connectivity index is 1.23. The summed E-state index contributed by atoms with van der Waals surface area (Å²) in [5.74, 6) is 1.96. The van der Waals surface area contributed by atoms with Gasteiger partial charge in [0.25, 0.3) is 5.99 Å². The maximum atomic E-state index is 7.42. The summed E-state index contributed by atoms with van der Waals surface area (Å²) in [7, 11) is -2.85. The highest BCUT2D eigenvalue weighted by molar-refractivity contribution is 8.28. The van der Waals surface area contributed by atoms with Crippen LogP contribution in [0, 0.1) is 0 Å². The van der Waals surface area contributed by atoms with Crippen molar-refractivity contribution in [3.63, 3.8) is 0 Å². The van der Waals surface area contributed by atoms with E-state index in [4.69, 9.17) is 4.74 Å². The van der Waals surface area contributed by atoms with E-state index in [1.807, 2.05) is 11.6 Å². The van der Waals surface area contributed by atoms with Gasteiger partial charge >= 0.3 is 0 Å². The smallest absolute Gasteiger partial charge is 0.289 e. The number of para-hydroxylation sites is 3. The summed E-state index contributed by atoms with van der Waals surface area (Å²) >= 11 is 1.95. The maximum Gasteiger partial charge on any atom is 0.289 e. The highest BCUT2D eigenvalue weighted by Gasteiger charge is 2.45. The van der Waals surface area contributed by atoms with Gasteiger partial charge in [-0.1, -0.05) is 164 Å². The molecule has 5 heteroatoms. The molecule has 2 aliphatic rings. The Morgan fingerprint density at radius 2 is 1.02 bits per heavy atom. The molecule has 53 heavy (non-hydrogen) atoms. The van der Waals surface area contributed by atoms with Crippen molar-refractivity contribution in [1.82, 2.24) is 4.57 Å². The van der Waals surface area contributed by atoms with Gasteiger partial charge in [0, 0.05) is 15.7 Å². The molecule has 0 saturated carbocycles. The first kappa shape index (κ1) is 30.6. The van der Waals surface area contributed by atoms with Crippen LogP contribution in [0.25, 0.3) is 38.6 Å². The van der Waals surface area contributed by atoms with Crippen molar-refractivity contribution in [3.8, 4) is 28.3 Å². The zero-order chi connectivity index (χ0) is 34.9. The highest BCUT2D eigenvalue weighted by Crippen LogP contribution is 2.45.